The van der Waals surface area contributed by atoms with Crippen molar-refractivity contribution < 1.29 is 19.1 Å². The molecule has 1 saturated heterocycles. The van der Waals surface area contributed by atoms with E-state index >= 15 is 0 Å². The summed E-state index contributed by atoms with van der Waals surface area (Å²) in [7, 11) is 1.55. The maximum absolute atomic E-state index is 13.3. The minimum atomic E-state index is -0.641. The number of ether oxygens (including phenoxy) is 2. The first-order valence-electron chi connectivity index (χ1n) is 9.12. The van der Waals surface area contributed by atoms with Gasteiger partial charge < -0.3 is 20.1 Å². The van der Waals surface area contributed by atoms with Gasteiger partial charge in [-0.3, -0.25) is 9.59 Å². The molecule has 1 aliphatic rings. The summed E-state index contributed by atoms with van der Waals surface area (Å²) in [6, 6.07) is 14.9. The molecule has 7 heteroatoms. The third-order valence-electron chi connectivity index (χ3n) is 4.92. The number of amides is 2. The molecule has 0 aromatic heterocycles. The van der Waals surface area contributed by atoms with Crippen LogP contribution in [0.4, 0.5) is 5.69 Å². The van der Waals surface area contributed by atoms with E-state index in [2.05, 4.69) is 26.6 Å². The van der Waals surface area contributed by atoms with Crippen molar-refractivity contribution in [3.05, 3.63) is 58.6 Å². The molecule has 6 nitrogen and oxygen atoms in total. The fourth-order valence-electron chi connectivity index (χ4n) is 3.27. The summed E-state index contributed by atoms with van der Waals surface area (Å²) in [5.74, 6) is 0.235. The van der Waals surface area contributed by atoms with Crippen LogP contribution in [0.15, 0.2) is 53.0 Å². The van der Waals surface area contributed by atoms with E-state index in [0.717, 1.165) is 10.0 Å². The average molecular weight is 447 g/mol. The maximum atomic E-state index is 13.3. The van der Waals surface area contributed by atoms with Gasteiger partial charge in [0.2, 0.25) is 5.91 Å². The molecule has 28 heavy (non-hydrogen) atoms. The Labute approximate surface area is 172 Å². The zero-order chi connectivity index (χ0) is 20.0. The van der Waals surface area contributed by atoms with Crippen LogP contribution in [-0.4, -0.2) is 38.7 Å². The van der Waals surface area contributed by atoms with Crippen LogP contribution in [0.3, 0.4) is 0 Å². The number of anilines is 1. The van der Waals surface area contributed by atoms with E-state index in [1.807, 2.05) is 24.3 Å². The van der Waals surface area contributed by atoms with Gasteiger partial charge in [0.25, 0.3) is 5.91 Å². The lowest BCUT2D eigenvalue weighted by Gasteiger charge is -2.36. The van der Waals surface area contributed by atoms with E-state index < -0.39 is 5.41 Å². The predicted octanol–water partition coefficient (Wildman–Crippen LogP) is 3.26. The van der Waals surface area contributed by atoms with E-state index in [0.29, 0.717) is 37.5 Å². The molecule has 1 fully saturated rings. The molecule has 0 spiro atoms. The molecule has 3 rings (SSSR count). The van der Waals surface area contributed by atoms with Crippen molar-refractivity contribution >= 4 is 33.4 Å². The monoisotopic (exact) mass is 446 g/mol. The number of benzene rings is 2. The van der Waals surface area contributed by atoms with Gasteiger partial charge in [0, 0.05) is 36.5 Å². The summed E-state index contributed by atoms with van der Waals surface area (Å²) in [6.07, 6.45) is 1.24. The molecule has 1 heterocycles. The van der Waals surface area contributed by atoms with Gasteiger partial charge in [0.15, 0.2) is 6.61 Å². The van der Waals surface area contributed by atoms with Crippen molar-refractivity contribution in [3.8, 4) is 5.75 Å². The number of nitrogens with one attached hydrogen (secondary N) is 2. The molecule has 2 N–H and O–H groups in total. The molecule has 2 aromatic carbocycles. The van der Waals surface area contributed by atoms with Crippen LogP contribution in [-0.2, 0) is 19.7 Å². The van der Waals surface area contributed by atoms with Gasteiger partial charge in [0.05, 0.1) is 5.41 Å². The summed E-state index contributed by atoms with van der Waals surface area (Å²) in [6.45, 7) is 1.01. The van der Waals surface area contributed by atoms with Gasteiger partial charge in [-0.25, -0.2) is 0 Å². The molecular formula is C21H23BrN2O4. The summed E-state index contributed by atoms with van der Waals surface area (Å²) in [5, 5.41) is 5.52. The molecule has 1 aliphatic heterocycles. The van der Waals surface area contributed by atoms with E-state index in [1.54, 1.807) is 31.3 Å². The zero-order valence-electron chi connectivity index (χ0n) is 15.7. The maximum Gasteiger partial charge on any atom is 0.257 e. The highest BCUT2D eigenvalue weighted by Crippen LogP contribution is 2.37. The molecular weight excluding hydrogens is 424 g/mol. The lowest BCUT2D eigenvalue weighted by Crippen LogP contribution is -2.44. The Morgan fingerprint density at radius 3 is 2.54 bits per heavy atom. The Bertz CT molecular complexity index is 833. The van der Waals surface area contributed by atoms with Gasteiger partial charge in [-0.05, 0) is 42.7 Å². The van der Waals surface area contributed by atoms with E-state index in [9.17, 15) is 9.59 Å². The van der Waals surface area contributed by atoms with E-state index in [-0.39, 0.29) is 18.4 Å². The highest BCUT2D eigenvalue weighted by Gasteiger charge is 2.41. The first kappa shape index (κ1) is 20.4. The van der Waals surface area contributed by atoms with Crippen LogP contribution in [0.25, 0.3) is 0 Å². The molecule has 0 saturated carbocycles. The van der Waals surface area contributed by atoms with Gasteiger partial charge in [-0.15, -0.1) is 0 Å². The van der Waals surface area contributed by atoms with Gasteiger partial charge in [-0.2, -0.15) is 0 Å². The second kappa shape index (κ2) is 9.21. The first-order chi connectivity index (χ1) is 13.5. The standard InChI is InChI=1S/C21H23BrN2O4/c1-23-19(25)14-28-18-4-2-3-17(13-18)24-20(26)21(9-11-27-12-10-21)15-5-7-16(22)8-6-15/h2-8,13H,9-12,14H2,1H3,(H,23,25)(H,24,26). The van der Waals surface area contributed by atoms with Crippen LogP contribution in [0.2, 0.25) is 0 Å². The number of rotatable bonds is 6. The number of likely N-dealkylation sites (N-methyl/N-ethyl adjacent to an activating group) is 1. The SMILES string of the molecule is CNC(=O)COc1cccc(NC(=O)C2(c3ccc(Br)cc3)CCOCC2)c1. The smallest absolute Gasteiger partial charge is 0.257 e. The van der Waals surface area contributed by atoms with Crippen LogP contribution in [0, 0.1) is 0 Å². The Hall–Kier alpha value is -2.38. The summed E-state index contributed by atoms with van der Waals surface area (Å²) < 4.78 is 11.9. The topological polar surface area (TPSA) is 76.7 Å². The Balaban J connectivity index is 1.79. The van der Waals surface area contributed by atoms with Crippen LogP contribution in [0.5, 0.6) is 5.75 Å². The number of hydrogen-bond donors (Lipinski definition) is 2. The van der Waals surface area contributed by atoms with E-state index in [1.165, 1.54) is 0 Å². The van der Waals surface area contributed by atoms with Crippen LogP contribution < -0.4 is 15.4 Å². The van der Waals surface area contributed by atoms with Crippen molar-refractivity contribution in [1.82, 2.24) is 5.32 Å². The average Bonchev–Trinajstić information content (AvgIpc) is 2.73. The van der Waals surface area contributed by atoms with Crippen molar-refractivity contribution in [2.45, 2.75) is 18.3 Å². The summed E-state index contributed by atoms with van der Waals surface area (Å²) in [4.78, 5) is 24.7. The van der Waals surface area contributed by atoms with Crippen molar-refractivity contribution in [1.29, 1.82) is 0 Å². The molecule has 2 aromatic rings. The zero-order valence-corrected chi connectivity index (χ0v) is 17.3. The highest BCUT2D eigenvalue weighted by molar-refractivity contribution is 9.10. The Morgan fingerprint density at radius 1 is 1.14 bits per heavy atom. The van der Waals surface area contributed by atoms with Crippen molar-refractivity contribution in [3.63, 3.8) is 0 Å². The second-order valence-electron chi connectivity index (χ2n) is 6.65. The largest absolute Gasteiger partial charge is 0.484 e. The molecule has 0 atom stereocenters. The second-order valence-corrected chi connectivity index (χ2v) is 7.56. The van der Waals surface area contributed by atoms with E-state index in [4.69, 9.17) is 9.47 Å². The van der Waals surface area contributed by atoms with Crippen molar-refractivity contribution in [2.75, 3.05) is 32.2 Å². The van der Waals surface area contributed by atoms with Crippen LogP contribution >= 0.6 is 15.9 Å². The van der Waals surface area contributed by atoms with Crippen LogP contribution in [0.1, 0.15) is 18.4 Å². The summed E-state index contributed by atoms with van der Waals surface area (Å²) >= 11 is 3.45. The highest BCUT2D eigenvalue weighted by atomic mass is 79.9. The minimum absolute atomic E-state index is 0.0680. The summed E-state index contributed by atoms with van der Waals surface area (Å²) in [5.41, 5.74) is 0.962. The predicted molar refractivity (Wildman–Crippen MR) is 111 cm³/mol. The van der Waals surface area contributed by atoms with Crippen molar-refractivity contribution in [2.24, 2.45) is 0 Å². The lowest BCUT2D eigenvalue weighted by atomic mass is 9.73. The fraction of sp³-hybridized carbons (Fsp3) is 0.333. The molecule has 148 valence electrons. The third-order valence-corrected chi connectivity index (χ3v) is 5.45. The molecule has 0 radical (unpaired) electrons. The molecule has 0 aliphatic carbocycles. The number of hydrogen-bond acceptors (Lipinski definition) is 4. The molecule has 0 unspecified atom stereocenters. The minimum Gasteiger partial charge on any atom is -0.484 e. The number of carbonyl (C=O) groups excluding carboxylic acids is 2. The molecule has 2 amide bonds. The Kier molecular flexibility index (Phi) is 6.70. The normalized spacial score (nSPS) is 15.5. The van der Waals surface area contributed by atoms with Gasteiger partial charge in [-0.1, -0.05) is 34.1 Å². The van der Waals surface area contributed by atoms with Gasteiger partial charge in [0.1, 0.15) is 5.75 Å². The lowest BCUT2D eigenvalue weighted by molar-refractivity contribution is -0.125. The first-order valence-corrected chi connectivity index (χ1v) is 9.91. The number of carbonyl (C=O) groups is 2. The fourth-order valence-corrected chi connectivity index (χ4v) is 3.54. The third kappa shape index (κ3) is 4.72. The Morgan fingerprint density at radius 2 is 1.86 bits per heavy atom. The number of halogens is 1. The van der Waals surface area contributed by atoms with Gasteiger partial charge >= 0.3 is 0 Å². The molecule has 0 bridgehead atoms. The quantitative estimate of drug-likeness (QED) is 0.713.